The molecule has 0 amide bonds. The first-order valence-corrected chi connectivity index (χ1v) is 10.3. The van der Waals surface area contributed by atoms with Crippen LogP contribution in [0.4, 0.5) is 0 Å². The van der Waals surface area contributed by atoms with Gasteiger partial charge < -0.3 is 0 Å². The third kappa shape index (κ3) is 2.39. The fourth-order valence-corrected chi connectivity index (χ4v) is 5.02. The van der Waals surface area contributed by atoms with E-state index >= 15 is 0 Å². The fraction of sp³-hybridized carbons (Fsp3) is 0.103. The lowest BCUT2D eigenvalue weighted by Gasteiger charge is -2.17. The zero-order valence-corrected chi connectivity index (χ0v) is 17.0. The molecule has 29 heavy (non-hydrogen) atoms. The first kappa shape index (κ1) is 16.6. The second-order valence-corrected chi connectivity index (χ2v) is 8.49. The quantitative estimate of drug-likeness (QED) is 0.255. The molecule has 0 saturated carbocycles. The molecule has 0 radical (unpaired) electrons. The summed E-state index contributed by atoms with van der Waals surface area (Å²) in [5, 5.41) is 10.8. The maximum absolute atomic E-state index is 2.36. The van der Waals surface area contributed by atoms with E-state index in [0.717, 1.165) is 0 Å². The summed E-state index contributed by atoms with van der Waals surface area (Å²) >= 11 is 0. The summed E-state index contributed by atoms with van der Waals surface area (Å²) in [5.41, 5.74) is 6.58. The topological polar surface area (TPSA) is 0 Å². The van der Waals surface area contributed by atoms with Gasteiger partial charge >= 0.3 is 0 Å². The van der Waals surface area contributed by atoms with E-state index in [4.69, 9.17) is 0 Å². The van der Waals surface area contributed by atoms with Crippen LogP contribution in [0.15, 0.2) is 78.9 Å². The van der Waals surface area contributed by atoms with Gasteiger partial charge in [-0.05, 0) is 92.2 Å². The van der Waals surface area contributed by atoms with Gasteiger partial charge in [0.25, 0.3) is 0 Å². The van der Waals surface area contributed by atoms with Crippen molar-refractivity contribution in [3.05, 3.63) is 95.6 Å². The largest absolute Gasteiger partial charge is 0.0587 e. The number of fused-ring (bicyclic) bond motifs is 1. The lowest BCUT2D eigenvalue weighted by molar-refractivity contribution is 1.50. The molecule has 6 rings (SSSR count). The molecule has 0 fully saturated rings. The van der Waals surface area contributed by atoms with E-state index in [0.29, 0.717) is 0 Å². The van der Waals surface area contributed by atoms with Gasteiger partial charge in [0.1, 0.15) is 0 Å². The van der Waals surface area contributed by atoms with Gasteiger partial charge in [-0.2, -0.15) is 0 Å². The van der Waals surface area contributed by atoms with Gasteiger partial charge in [-0.15, -0.1) is 0 Å². The SMILES string of the molecule is Cc1ccc2cc(-c3cc(C)c4ccc5cc(C)cc6ccc3c4c56)ccc2c1. The predicted molar refractivity (Wildman–Crippen MR) is 127 cm³/mol. The van der Waals surface area contributed by atoms with Gasteiger partial charge in [-0.1, -0.05) is 78.4 Å². The lowest BCUT2D eigenvalue weighted by atomic mass is 9.87. The van der Waals surface area contributed by atoms with Gasteiger partial charge in [0.2, 0.25) is 0 Å². The molecule has 0 heteroatoms. The van der Waals surface area contributed by atoms with Crippen LogP contribution in [0.3, 0.4) is 0 Å². The van der Waals surface area contributed by atoms with Gasteiger partial charge in [-0.25, -0.2) is 0 Å². The average Bonchev–Trinajstić information content (AvgIpc) is 2.72. The Kier molecular flexibility index (Phi) is 3.32. The highest BCUT2D eigenvalue weighted by Gasteiger charge is 2.14. The highest BCUT2D eigenvalue weighted by molar-refractivity contribution is 6.26. The third-order valence-corrected chi connectivity index (χ3v) is 6.37. The molecular weight excluding hydrogens is 348 g/mol. The van der Waals surface area contributed by atoms with Crippen LogP contribution >= 0.6 is 0 Å². The average molecular weight is 370 g/mol. The molecule has 0 heterocycles. The van der Waals surface area contributed by atoms with Crippen molar-refractivity contribution >= 4 is 43.1 Å². The van der Waals surface area contributed by atoms with E-state index in [1.807, 2.05) is 0 Å². The Morgan fingerprint density at radius 1 is 0.448 bits per heavy atom. The van der Waals surface area contributed by atoms with E-state index in [9.17, 15) is 0 Å². The number of hydrogen-bond donors (Lipinski definition) is 0. The number of hydrogen-bond acceptors (Lipinski definition) is 0. The summed E-state index contributed by atoms with van der Waals surface area (Å²) in [7, 11) is 0. The minimum Gasteiger partial charge on any atom is -0.0587 e. The van der Waals surface area contributed by atoms with Crippen LogP contribution in [0.5, 0.6) is 0 Å². The maximum atomic E-state index is 2.36. The second-order valence-electron chi connectivity index (χ2n) is 8.49. The lowest BCUT2D eigenvalue weighted by Crippen LogP contribution is -1.91. The molecule has 0 aromatic heterocycles. The van der Waals surface area contributed by atoms with Crippen LogP contribution in [0, 0.1) is 20.8 Å². The summed E-state index contributed by atoms with van der Waals surface area (Å²) in [6.45, 7) is 6.58. The van der Waals surface area contributed by atoms with Crippen LogP contribution in [0.25, 0.3) is 54.2 Å². The van der Waals surface area contributed by atoms with Gasteiger partial charge in [-0.3, -0.25) is 0 Å². The monoisotopic (exact) mass is 370 g/mol. The van der Waals surface area contributed by atoms with Gasteiger partial charge in [0, 0.05) is 0 Å². The van der Waals surface area contributed by atoms with Crippen molar-refractivity contribution in [1.29, 1.82) is 0 Å². The van der Waals surface area contributed by atoms with Crippen molar-refractivity contribution in [3.8, 4) is 11.1 Å². The van der Waals surface area contributed by atoms with Crippen molar-refractivity contribution in [2.45, 2.75) is 20.8 Å². The van der Waals surface area contributed by atoms with E-state index in [1.54, 1.807) is 0 Å². The Bertz CT molecular complexity index is 1550. The predicted octanol–water partition coefficient (Wildman–Crippen LogP) is 8.33. The molecule has 0 aliphatic heterocycles. The Morgan fingerprint density at radius 2 is 1.07 bits per heavy atom. The Labute approximate surface area is 170 Å². The molecule has 6 aromatic carbocycles. The standard InChI is InChI=1S/C29H22/c1-17-4-5-21-16-22(7-6-20(21)12-17)27-15-19(3)25-10-8-23-13-18(2)14-24-9-11-26(27)29(25)28(23)24/h4-16H,1-3H3. The molecular formula is C29H22. The van der Waals surface area contributed by atoms with E-state index in [2.05, 4.69) is 99.6 Å². The first-order valence-electron chi connectivity index (χ1n) is 10.3. The molecule has 0 aliphatic rings. The first-order chi connectivity index (χ1) is 14.1. The second kappa shape index (κ2) is 5.81. The molecule has 0 unspecified atom stereocenters. The molecule has 0 spiro atoms. The summed E-state index contributed by atoms with van der Waals surface area (Å²) in [4.78, 5) is 0. The van der Waals surface area contributed by atoms with Gasteiger partial charge in [0.05, 0.1) is 0 Å². The van der Waals surface area contributed by atoms with Gasteiger partial charge in [0.15, 0.2) is 0 Å². The zero-order valence-electron chi connectivity index (χ0n) is 17.0. The molecule has 6 aromatic rings. The van der Waals surface area contributed by atoms with E-state index in [1.165, 1.54) is 70.9 Å². The highest BCUT2D eigenvalue weighted by Crippen LogP contribution is 2.41. The normalized spacial score (nSPS) is 12.0. The maximum Gasteiger partial charge on any atom is -0.00179 e. The summed E-state index contributed by atoms with van der Waals surface area (Å²) in [5.74, 6) is 0. The molecule has 0 N–H and O–H groups in total. The van der Waals surface area contributed by atoms with Crippen molar-refractivity contribution in [2.75, 3.05) is 0 Å². The van der Waals surface area contributed by atoms with Crippen molar-refractivity contribution in [1.82, 2.24) is 0 Å². The number of rotatable bonds is 1. The van der Waals surface area contributed by atoms with E-state index in [-0.39, 0.29) is 0 Å². The molecule has 0 nitrogen and oxygen atoms in total. The molecule has 0 atom stereocenters. The molecule has 138 valence electrons. The Hall–Kier alpha value is -3.38. The van der Waals surface area contributed by atoms with Crippen molar-refractivity contribution in [3.63, 3.8) is 0 Å². The minimum absolute atomic E-state index is 1.29. The summed E-state index contributed by atoms with van der Waals surface area (Å²) in [6.07, 6.45) is 0. The smallest absolute Gasteiger partial charge is 0.00179 e. The minimum atomic E-state index is 1.29. The van der Waals surface area contributed by atoms with Crippen LogP contribution in [0.1, 0.15) is 16.7 Å². The number of aryl methyl sites for hydroxylation is 3. The molecule has 0 saturated heterocycles. The van der Waals surface area contributed by atoms with Crippen molar-refractivity contribution in [2.24, 2.45) is 0 Å². The fourth-order valence-electron chi connectivity index (χ4n) is 5.02. The number of benzene rings is 6. The van der Waals surface area contributed by atoms with Crippen LogP contribution < -0.4 is 0 Å². The zero-order chi connectivity index (χ0) is 19.7. The molecule has 0 aliphatic carbocycles. The Balaban J connectivity index is 1.74. The van der Waals surface area contributed by atoms with Crippen LogP contribution in [-0.4, -0.2) is 0 Å². The highest BCUT2D eigenvalue weighted by atomic mass is 14.2. The van der Waals surface area contributed by atoms with Crippen molar-refractivity contribution < 1.29 is 0 Å². The molecule has 0 bridgehead atoms. The third-order valence-electron chi connectivity index (χ3n) is 6.37. The summed E-state index contributed by atoms with van der Waals surface area (Å²) < 4.78 is 0. The van der Waals surface area contributed by atoms with Crippen LogP contribution in [-0.2, 0) is 0 Å². The summed E-state index contributed by atoms with van der Waals surface area (Å²) in [6, 6.07) is 29.7. The van der Waals surface area contributed by atoms with E-state index < -0.39 is 0 Å². The van der Waals surface area contributed by atoms with Crippen LogP contribution in [0.2, 0.25) is 0 Å². The Morgan fingerprint density at radius 3 is 1.86 bits per heavy atom.